The van der Waals surface area contributed by atoms with Gasteiger partial charge in [0.2, 0.25) is 0 Å². The fourth-order valence-corrected chi connectivity index (χ4v) is 5.04. The second-order valence-corrected chi connectivity index (χ2v) is 10.7. The predicted octanol–water partition coefficient (Wildman–Crippen LogP) is 6.17. The zero-order valence-electron chi connectivity index (χ0n) is 22.2. The van der Waals surface area contributed by atoms with E-state index in [-0.39, 0.29) is 36.3 Å². The van der Waals surface area contributed by atoms with Crippen LogP contribution < -0.4 is 0 Å². The van der Waals surface area contributed by atoms with Crippen molar-refractivity contribution in [3.63, 3.8) is 0 Å². The Kier molecular flexibility index (Phi) is 11.4. The van der Waals surface area contributed by atoms with Crippen LogP contribution in [0.2, 0.25) is 0 Å². The summed E-state index contributed by atoms with van der Waals surface area (Å²) >= 11 is 0. The van der Waals surface area contributed by atoms with Gasteiger partial charge in [0.05, 0.1) is 31.0 Å². The van der Waals surface area contributed by atoms with Crippen LogP contribution in [0.15, 0.2) is 72.4 Å². The van der Waals surface area contributed by atoms with E-state index in [0.29, 0.717) is 31.8 Å². The maximum absolute atomic E-state index is 12.7. The molecule has 0 aliphatic carbocycles. The van der Waals surface area contributed by atoms with E-state index in [4.69, 9.17) is 14.2 Å². The van der Waals surface area contributed by atoms with Crippen molar-refractivity contribution in [2.75, 3.05) is 6.61 Å². The number of carbonyl (C=O) groups is 1. The Balaban J connectivity index is 1.70. The van der Waals surface area contributed by atoms with Crippen LogP contribution in [0.4, 0.5) is 0 Å². The van der Waals surface area contributed by atoms with Crippen molar-refractivity contribution in [1.29, 1.82) is 0 Å². The standard InChI is InChI=1S/C31H44O5/c1-22-16-17-34-28(20-22)15-14-25(4)30-12-5-8-26(32)19-23(2)18-24(3)21-29-11-6-9-27(35-29)10-7-13-31(33)36-30/h5-9,13-16,24-30,32H,2,10-12,17-21H2,1,3-4H3/b8-5-,13-7-,15-14+. The third kappa shape index (κ3) is 10.0. The van der Waals surface area contributed by atoms with Crippen molar-refractivity contribution >= 4 is 5.97 Å². The Labute approximate surface area is 217 Å². The number of ether oxygens (including phenoxy) is 3. The normalized spacial score (nSPS) is 35.8. The molecule has 3 aliphatic heterocycles. The number of hydrogen-bond donors (Lipinski definition) is 1. The SMILES string of the molecule is C=C1CC(O)/C=C\CC(C(C)/C=C/C2CC(C)=CCO2)OC(=O)/C=C\CC2C=CCC(CC(C)C1)O2. The van der Waals surface area contributed by atoms with Crippen molar-refractivity contribution in [3.05, 3.63) is 72.4 Å². The molecule has 5 heteroatoms. The highest BCUT2D eigenvalue weighted by Gasteiger charge is 2.22. The summed E-state index contributed by atoms with van der Waals surface area (Å²) in [5.41, 5.74) is 2.37. The lowest BCUT2D eigenvalue weighted by Crippen LogP contribution is -2.26. The van der Waals surface area contributed by atoms with E-state index in [9.17, 15) is 9.90 Å². The fraction of sp³-hybridized carbons (Fsp3) is 0.581. The van der Waals surface area contributed by atoms with Gasteiger partial charge in [-0.1, -0.05) is 80.2 Å². The molecular weight excluding hydrogens is 452 g/mol. The lowest BCUT2D eigenvalue weighted by molar-refractivity contribution is -0.144. The Morgan fingerprint density at radius 2 is 1.92 bits per heavy atom. The minimum atomic E-state index is -0.602. The number of fused-ring (bicyclic) bond motifs is 2. The zero-order valence-corrected chi connectivity index (χ0v) is 22.2. The average molecular weight is 497 g/mol. The number of cyclic esters (lactones) is 1. The molecule has 0 aromatic carbocycles. The van der Waals surface area contributed by atoms with Gasteiger partial charge in [0.15, 0.2) is 0 Å². The molecule has 0 aromatic rings. The molecule has 0 saturated carbocycles. The highest BCUT2D eigenvalue weighted by atomic mass is 16.5. The number of rotatable bonds is 3. The topological polar surface area (TPSA) is 65.0 Å². The van der Waals surface area contributed by atoms with Gasteiger partial charge in [0.1, 0.15) is 6.10 Å². The van der Waals surface area contributed by atoms with E-state index in [1.807, 2.05) is 19.1 Å². The molecule has 3 heterocycles. The molecule has 2 bridgehead atoms. The van der Waals surface area contributed by atoms with E-state index < -0.39 is 6.10 Å². The molecule has 36 heavy (non-hydrogen) atoms. The second kappa shape index (κ2) is 14.5. The molecule has 1 N–H and O–H groups in total. The van der Waals surface area contributed by atoms with Gasteiger partial charge in [-0.05, 0) is 51.4 Å². The first-order valence-electron chi connectivity index (χ1n) is 13.4. The number of hydrogen-bond acceptors (Lipinski definition) is 5. The first kappa shape index (κ1) is 28.4. The number of esters is 1. The molecule has 0 amide bonds. The molecule has 7 unspecified atom stereocenters. The third-order valence-electron chi connectivity index (χ3n) is 7.01. The Bertz CT molecular complexity index is 879. The summed E-state index contributed by atoms with van der Waals surface area (Å²) in [6.07, 6.45) is 22.1. The average Bonchev–Trinajstić information content (AvgIpc) is 2.81. The molecule has 0 radical (unpaired) electrons. The molecule has 3 rings (SSSR count). The smallest absolute Gasteiger partial charge is 0.330 e. The Hall–Kier alpha value is -2.21. The molecular formula is C31H44O5. The molecule has 0 aromatic heterocycles. The van der Waals surface area contributed by atoms with E-state index in [1.54, 1.807) is 6.08 Å². The number of aliphatic hydroxyl groups excluding tert-OH is 1. The van der Waals surface area contributed by atoms with Crippen LogP contribution in [0.1, 0.15) is 65.7 Å². The first-order chi connectivity index (χ1) is 17.3. The maximum Gasteiger partial charge on any atom is 0.330 e. The van der Waals surface area contributed by atoms with Gasteiger partial charge in [-0.3, -0.25) is 0 Å². The van der Waals surface area contributed by atoms with Gasteiger partial charge in [-0.15, -0.1) is 0 Å². The maximum atomic E-state index is 12.7. The first-order valence-corrected chi connectivity index (χ1v) is 13.4. The van der Waals surface area contributed by atoms with Gasteiger partial charge in [0, 0.05) is 18.4 Å². The van der Waals surface area contributed by atoms with Crippen LogP contribution >= 0.6 is 0 Å². The van der Waals surface area contributed by atoms with Crippen LogP contribution in [0, 0.1) is 11.8 Å². The van der Waals surface area contributed by atoms with E-state index in [2.05, 4.69) is 50.8 Å². The van der Waals surface area contributed by atoms with Crippen molar-refractivity contribution < 1.29 is 24.1 Å². The third-order valence-corrected chi connectivity index (χ3v) is 7.01. The van der Waals surface area contributed by atoms with Gasteiger partial charge < -0.3 is 19.3 Å². The van der Waals surface area contributed by atoms with Crippen LogP contribution in [-0.2, 0) is 19.0 Å². The van der Waals surface area contributed by atoms with Gasteiger partial charge in [0.25, 0.3) is 0 Å². The molecule has 5 nitrogen and oxygen atoms in total. The van der Waals surface area contributed by atoms with Crippen molar-refractivity contribution in [3.8, 4) is 0 Å². The summed E-state index contributed by atoms with van der Waals surface area (Å²) in [7, 11) is 0. The van der Waals surface area contributed by atoms with Crippen molar-refractivity contribution in [2.45, 2.75) is 96.2 Å². The second-order valence-electron chi connectivity index (χ2n) is 10.7. The molecule has 0 saturated heterocycles. The summed E-state index contributed by atoms with van der Waals surface area (Å²) in [5.74, 6) is 0.0618. The highest BCUT2D eigenvalue weighted by molar-refractivity contribution is 5.82. The summed E-state index contributed by atoms with van der Waals surface area (Å²) in [4.78, 5) is 12.7. The molecule has 0 fully saturated rings. The largest absolute Gasteiger partial charge is 0.458 e. The summed E-state index contributed by atoms with van der Waals surface area (Å²) in [6, 6.07) is 0. The van der Waals surface area contributed by atoms with Gasteiger partial charge in [-0.2, -0.15) is 0 Å². The predicted molar refractivity (Wildman–Crippen MR) is 144 cm³/mol. The summed E-state index contributed by atoms with van der Waals surface area (Å²) in [5, 5.41) is 10.5. The van der Waals surface area contributed by atoms with E-state index in [0.717, 1.165) is 31.3 Å². The monoisotopic (exact) mass is 496 g/mol. The van der Waals surface area contributed by atoms with Gasteiger partial charge >= 0.3 is 5.97 Å². The lowest BCUT2D eigenvalue weighted by Gasteiger charge is -2.28. The lowest BCUT2D eigenvalue weighted by atomic mass is 9.91. The molecule has 3 aliphatic rings. The fourth-order valence-electron chi connectivity index (χ4n) is 5.04. The summed E-state index contributed by atoms with van der Waals surface area (Å²) in [6.45, 7) is 11.2. The van der Waals surface area contributed by atoms with Crippen LogP contribution in [0.3, 0.4) is 0 Å². The Morgan fingerprint density at radius 1 is 1.11 bits per heavy atom. The van der Waals surface area contributed by atoms with E-state index >= 15 is 0 Å². The van der Waals surface area contributed by atoms with Crippen LogP contribution in [0.25, 0.3) is 0 Å². The molecule has 198 valence electrons. The van der Waals surface area contributed by atoms with E-state index in [1.165, 1.54) is 11.6 Å². The number of aliphatic hydroxyl groups is 1. The zero-order chi connectivity index (χ0) is 25.9. The molecule has 0 spiro atoms. The minimum absolute atomic E-state index is 0.00858. The van der Waals surface area contributed by atoms with Crippen LogP contribution in [0.5, 0.6) is 0 Å². The minimum Gasteiger partial charge on any atom is -0.458 e. The van der Waals surface area contributed by atoms with Crippen LogP contribution in [-0.4, -0.2) is 48.2 Å². The van der Waals surface area contributed by atoms with Crippen molar-refractivity contribution in [1.82, 2.24) is 0 Å². The number of carbonyl (C=O) groups excluding carboxylic acids is 1. The quantitative estimate of drug-likeness (QED) is 0.374. The summed E-state index contributed by atoms with van der Waals surface area (Å²) < 4.78 is 17.9. The highest BCUT2D eigenvalue weighted by Crippen LogP contribution is 2.26. The Morgan fingerprint density at radius 3 is 2.72 bits per heavy atom. The molecule has 7 atom stereocenters. The van der Waals surface area contributed by atoms with Gasteiger partial charge in [-0.25, -0.2) is 4.79 Å². The van der Waals surface area contributed by atoms with Crippen molar-refractivity contribution in [2.24, 2.45) is 11.8 Å².